The first-order valence-corrected chi connectivity index (χ1v) is 4.67. The highest BCUT2D eigenvalue weighted by Crippen LogP contribution is 1.99. The highest BCUT2D eigenvalue weighted by atomic mass is 32.2. The topological polar surface area (TPSA) is 57.6 Å². The molecular weight excluding hydrogens is 166 g/mol. The van der Waals surface area contributed by atoms with Crippen LogP contribution in [0.4, 0.5) is 0 Å². The minimum absolute atomic E-state index is 0.0916. The van der Waals surface area contributed by atoms with Crippen molar-refractivity contribution in [1.29, 1.82) is 0 Å². The molecule has 0 fully saturated rings. The van der Waals surface area contributed by atoms with Gasteiger partial charge in [0.2, 0.25) is 10.0 Å². The first-order chi connectivity index (χ1) is 4.90. The van der Waals surface area contributed by atoms with E-state index in [0.717, 1.165) is 9.71 Å². The normalized spacial score (nSPS) is 14.9. The minimum Gasteiger partial charge on any atom is -0.392 e. The van der Waals surface area contributed by atoms with Crippen molar-refractivity contribution in [2.24, 2.45) is 0 Å². The third kappa shape index (κ3) is 3.50. The molecule has 0 amide bonds. The van der Waals surface area contributed by atoms with Crippen LogP contribution in [0.2, 0.25) is 0 Å². The lowest BCUT2D eigenvalue weighted by Crippen LogP contribution is -2.31. The zero-order valence-electron chi connectivity index (χ0n) is 6.69. The number of likely N-dealkylation sites (N-methyl/N-ethyl adjacent to an activating group) is 1. The molecule has 5 heteroatoms. The molecule has 66 valence electrons. The summed E-state index contributed by atoms with van der Waals surface area (Å²) < 4.78 is 22.9. The Labute approximate surface area is 67.2 Å². The summed E-state index contributed by atoms with van der Waals surface area (Å²) in [5.74, 6) is 0. The largest absolute Gasteiger partial charge is 0.392 e. The van der Waals surface area contributed by atoms with E-state index in [-0.39, 0.29) is 6.54 Å². The lowest BCUT2D eigenvalue weighted by molar-refractivity contribution is 0.171. The van der Waals surface area contributed by atoms with Gasteiger partial charge in [-0.2, -0.15) is 4.31 Å². The molecule has 0 aliphatic heterocycles. The second-order valence-electron chi connectivity index (χ2n) is 2.34. The van der Waals surface area contributed by atoms with Crippen LogP contribution in [0.25, 0.3) is 0 Å². The maximum atomic E-state index is 10.9. The van der Waals surface area contributed by atoms with Gasteiger partial charge >= 0.3 is 0 Å². The van der Waals surface area contributed by atoms with E-state index in [1.165, 1.54) is 14.0 Å². The van der Waals surface area contributed by atoms with Gasteiger partial charge in [-0.25, -0.2) is 8.42 Å². The Morgan fingerprint density at radius 1 is 1.73 bits per heavy atom. The zero-order valence-corrected chi connectivity index (χ0v) is 7.50. The van der Waals surface area contributed by atoms with E-state index in [4.69, 9.17) is 5.11 Å². The van der Waals surface area contributed by atoms with Crippen LogP contribution in [0.5, 0.6) is 0 Å². The number of aliphatic hydroxyl groups excluding tert-OH is 1. The van der Waals surface area contributed by atoms with Crippen LogP contribution >= 0.6 is 0 Å². The Morgan fingerprint density at radius 2 is 2.18 bits per heavy atom. The number of hydrogen-bond acceptors (Lipinski definition) is 3. The monoisotopic (exact) mass is 179 g/mol. The molecular formula is C6H13NO3S. The number of aliphatic hydroxyl groups is 1. The fraction of sp³-hybridized carbons (Fsp3) is 0.667. The van der Waals surface area contributed by atoms with E-state index in [0.29, 0.717) is 0 Å². The summed E-state index contributed by atoms with van der Waals surface area (Å²) in [5, 5.41) is 9.70. The van der Waals surface area contributed by atoms with Crippen LogP contribution in [0.3, 0.4) is 0 Å². The highest BCUT2D eigenvalue weighted by molar-refractivity contribution is 7.91. The van der Waals surface area contributed by atoms with Crippen LogP contribution in [0, 0.1) is 0 Å². The summed E-state index contributed by atoms with van der Waals surface area (Å²) in [6.45, 7) is 4.76. The number of hydrogen-bond donors (Lipinski definition) is 1. The molecule has 0 saturated carbocycles. The first-order valence-electron chi connectivity index (χ1n) is 3.17. The van der Waals surface area contributed by atoms with Gasteiger partial charge in [0.15, 0.2) is 0 Å². The van der Waals surface area contributed by atoms with Gasteiger partial charge in [-0.15, -0.1) is 0 Å². The summed E-state index contributed by atoms with van der Waals surface area (Å²) >= 11 is 0. The molecule has 0 heterocycles. The van der Waals surface area contributed by atoms with Crippen molar-refractivity contribution in [3.05, 3.63) is 12.0 Å². The predicted octanol–water partition coefficient (Wildman–Crippen LogP) is -0.228. The summed E-state index contributed by atoms with van der Waals surface area (Å²) in [6, 6.07) is 0. The number of rotatable bonds is 4. The van der Waals surface area contributed by atoms with Gasteiger partial charge in [0.1, 0.15) is 0 Å². The van der Waals surface area contributed by atoms with E-state index < -0.39 is 16.1 Å². The summed E-state index contributed by atoms with van der Waals surface area (Å²) in [7, 11) is -1.96. The quantitative estimate of drug-likeness (QED) is 0.648. The molecule has 1 N–H and O–H groups in total. The standard InChI is InChI=1S/C6H13NO3S/c1-4-11(9,10)7(3)5-6(2)8/h4,6,8H,1,5H2,2-3H3. The smallest absolute Gasteiger partial charge is 0.235 e. The van der Waals surface area contributed by atoms with Crippen molar-refractivity contribution in [2.45, 2.75) is 13.0 Å². The molecule has 0 aliphatic carbocycles. The lowest BCUT2D eigenvalue weighted by Gasteiger charge is -2.15. The Hall–Kier alpha value is -0.390. The van der Waals surface area contributed by atoms with Crippen LogP contribution < -0.4 is 0 Å². The molecule has 0 saturated heterocycles. The Morgan fingerprint density at radius 3 is 2.45 bits per heavy atom. The summed E-state index contributed by atoms with van der Waals surface area (Å²) in [5.41, 5.74) is 0. The van der Waals surface area contributed by atoms with E-state index in [1.807, 2.05) is 0 Å². The average molecular weight is 179 g/mol. The van der Waals surface area contributed by atoms with E-state index in [9.17, 15) is 8.42 Å². The molecule has 1 atom stereocenters. The van der Waals surface area contributed by atoms with Crippen molar-refractivity contribution in [3.8, 4) is 0 Å². The van der Waals surface area contributed by atoms with Crippen molar-refractivity contribution in [3.63, 3.8) is 0 Å². The second kappa shape index (κ2) is 3.85. The fourth-order valence-corrected chi connectivity index (χ4v) is 1.28. The zero-order chi connectivity index (χ0) is 9.07. The molecule has 0 spiro atoms. The van der Waals surface area contributed by atoms with Crippen LogP contribution in [0.1, 0.15) is 6.92 Å². The maximum Gasteiger partial charge on any atom is 0.235 e. The molecule has 4 nitrogen and oxygen atoms in total. The molecule has 0 aromatic rings. The van der Waals surface area contributed by atoms with Crippen molar-refractivity contribution in [1.82, 2.24) is 4.31 Å². The third-order valence-corrected chi connectivity index (χ3v) is 2.61. The van der Waals surface area contributed by atoms with Gasteiger partial charge < -0.3 is 5.11 Å². The van der Waals surface area contributed by atoms with Gasteiger partial charge in [-0.1, -0.05) is 6.58 Å². The van der Waals surface area contributed by atoms with Crippen molar-refractivity contribution in [2.75, 3.05) is 13.6 Å². The minimum atomic E-state index is -3.36. The van der Waals surface area contributed by atoms with Crippen LogP contribution in [-0.4, -0.2) is 37.5 Å². The van der Waals surface area contributed by atoms with Gasteiger partial charge in [-0.3, -0.25) is 0 Å². The predicted molar refractivity (Wildman–Crippen MR) is 43.4 cm³/mol. The van der Waals surface area contributed by atoms with E-state index in [1.54, 1.807) is 0 Å². The molecule has 11 heavy (non-hydrogen) atoms. The molecule has 1 unspecified atom stereocenters. The van der Waals surface area contributed by atoms with Crippen LogP contribution in [-0.2, 0) is 10.0 Å². The Bertz CT molecular complexity index is 220. The highest BCUT2D eigenvalue weighted by Gasteiger charge is 2.14. The molecule has 0 aliphatic rings. The number of sulfonamides is 1. The average Bonchev–Trinajstić information content (AvgIpc) is 1.86. The lowest BCUT2D eigenvalue weighted by atomic mass is 10.4. The molecule has 0 rings (SSSR count). The third-order valence-electron chi connectivity index (χ3n) is 1.17. The molecule has 0 aromatic carbocycles. The summed E-state index contributed by atoms with van der Waals surface area (Å²) in [4.78, 5) is 0. The van der Waals surface area contributed by atoms with Crippen molar-refractivity contribution < 1.29 is 13.5 Å². The SMILES string of the molecule is C=CS(=O)(=O)N(C)CC(C)O. The molecule has 0 bridgehead atoms. The maximum absolute atomic E-state index is 10.9. The molecule has 0 aromatic heterocycles. The van der Waals surface area contributed by atoms with Crippen molar-refractivity contribution >= 4 is 10.0 Å². The Balaban J connectivity index is 4.26. The Kier molecular flexibility index (Phi) is 3.71. The fourth-order valence-electron chi connectivity index (χ4n) is 0.603. The number of nitrogens with zero attached hydrogens (tertiary/aromatic N) is 1. The van der Waals surface area contributed by atoms with Gasteiger partial charge in [-0.05, 0) is 6.92 Å². The first kappa shape index (κ1) is 10.6. The second-order valence-corrected chi connectivity index (χ2v) is 4.33. The van der Waals surface area contributed by atoms with Gasteiger partial charge in [0, 0.05) is 19.0 Å². The van der Waals surface area contributed by atoms with Gasteiger partial charge in [0.25, 0.3) is 0 Å². The summed E-state index contributed by atoms with van der Waals surface area (Å²) in [6.07, 6.45) is -0.658. The molecule has 0 radical (unpaired) electrons. The van der Waals surface area contributed by atoms with Crippen LogP contribution in [0.15, 0.2) is 12.0 Å². The van der Waals surface area contributed by atoms with E-state index in [2.05, 4.69) is 6.58 Å². The van der Waals surface area contributed by atoms with E-state index >= 15 is 0 Å². The van der Waals surface area contributed by atoms with Gasteiger partial charge in [0.05, 0.1) is 6.10 Å².